The summed E-state index contributed by atoms with van der Waals surface area (Å²) in [5.41, 5.74) is 3.98. The summed E-state index contributed by atoms with van der Waals surface area (Å²) in [6.07, 6.45) is -3.15. The molecule has 9 heteroatoms. The molecule has 0 aliphatic carbocycles. The van der Waals surface area contributed by atoms with Crippen LogP contribution in [0.2, 0.25) is 0 Å². The number of aliphatic hydroxyl groups excluding tert-OH is 2. The lowest BCUT2D eigenvalue weighted by Crippen LogP contribution is -2.34. The van der Waals surface area contributed by atoms with E-state index in [0.717, 1.165) is 6.07 Å². The van der Waals surface area contributed by atoms with Crippen LogP contribution in [0.15, 0.2) is 12.1 Å². The number of carbonyl (C=O) groups is 1. The van der Waals surface area contributed by atoms with E-state index in [-0.39, 0.29) is 12.1 Å². The summed E-state index contributed by atoms with van der Waals surface area (Å²) in [4.78, 5) is 20.5. The first kappa shape index (κ1) is 15.8. The molecule has 8 nitrogen and oxygen atoms in total. The summed E-state index contributed by atoms with van der Waals surface area (Å²) in [7, 11) is 0. The highest BCUT2D eigenvalue weighted by atomic mass is 19.1. The Morgan fingerprint density at radius 2 is 2.15 bits per heavy atom. The van der Waals surface area contributed by atoms with E-state index in [0.29, 0.717) is 6.07 Å². The molecule has 1 amide bonds. The van der Waals surface area contributed by atoms with Crippen LogP contribution >= 0.6 is 0 Å². The van der Waals surface area contributed by atoms with Gasteiger partial charge in [0.1, 0.15) is 12.2 Å². The maximum atomic E-state index is 13.4. The molecule has 2 unspecified atom stereocenters. The number of nitro benzene ring substituents is 1. The van der Waals surface area contributed by atoms with E-state index in [2.05, 4.69) is 5.32 Å². The standard InChI is InChI=1S/C11H14FN3O5/c1-5(16)14-4-9(17)11(18)7-2-6(15(19)20)3-8(12)10(7)13/h2-3,9,11,17-18H,4,13H2,1H3,(H,14,16). The molecule has 1 aromatic rings. The molecule has 0 radical (unpaired) electrons. The average molecular weight is 287 g/mol. The minimum atomic E-state index is -1.67. The number of nitrogen functional groups attached to an aromatic ring is 1. The fourth-order valence-electron chi connectivity index (χ4n) is 1.54. The molecule has 20 heavy (non-hydrogen) atoms. The molecule has 0 aliphatic heterocycles. The van der Waals surface area contributed by atoms with Gasteiger partial charge in [-0.05, 0) is 0 Å². The average Bonchev–Trinajstić information content (AvgIpc) is 2.37. The summed E-state index contributed by atoms with van der Waals surface area (Å²) in [6, 6.07) is 1.49. The Kier molecular flexibility index (Phi) is 4.94. The molecule has 0 fully saturated rings. The van der Waals surface area contributed by atoms with Gasteiger partial charge in [-0.25, -0.2) is 4.39 Å². The minimum absolute atomic E-state index is 0.305. The van der Waals surface area contributed by atoms with E-state index in [1.165, 1.54) is 6.92 Å². The Morgan fingerprint density at radius 3 is 2.65 bits per heavy atom. The zero-order valence-electron chi connectivity index (χ0n) is 10.5. The first-order valence-electron chi connectivity index (χ1n) is 5.58. The monoisotopic (exact) mass is 287 g/mol. The van der Waals surface area contributed by atoms with Gasteiger partial charge in [-0.3, -0.25) is 14.9 Å². The molecule has 110 valence electrons. The number of nitrogens with one attached hydrogen (secondary N) is 1. The Bertz CT molecular complexity index is 537. The smallest absolute Gasteiger partial charge is 0.272 e. The van der Waals surface area contributed by atoms with Crippen molar-refractivity contribution in [2.24, 2.45) is 0 Å². The number of halogens is 1. The van der Waals surface area contributed by atoms with E-state index in [4.69, 9.17) is 5.73 Å². The van der Waals surface area contributed by atoms with Crippen molar-refractivity contribution in [3.63, 3.8) is 0 Å². The van der Waals surface area contributed by atoms with Gasteiger partial charge in [0.05, 0.1) is 16.7 Å². The van der Waals surface area contributed by atoms with Gasteiger partial charge in [-0.1, -0.05) is 0 Å². The largest absolute Gasteiger partial charge is 0.396 e. The summed E-state index contributed by atoms with van der Waals surface area (Å²) in [5, 5.41) is 32.4. The molecule has 0 heterocycles. The van der Waals surface area contributed by atoms with Crippen LogP contribution in [-0.2, 0) is 4.79 Å². The number of nitro groups is 1. The van der Waals surface area contributed by atoms with Crippen molar-refractivity contribution < 1.29 is 24.3 Å². The van der Waals surface area contributed by atoms with E-state index >= 15 is 0 Å². The summed E-state index contributed by atoms with van der Waals surface area (Å²) < 4.78 is 13.4. The second-order valence-corrected chi connectivity index (χ2v) is 4.14. The summed E-state index contributed by atoms with van der Waals surface area (Å²) in [6.45, 7) is 0.904. The maximum Gasteiger partial charge on any atom is 0.272 e. The fraction of sp³-hybridized carbons (Fsp3) is 0.364. The number of nitrogens with zero attached hydrogens (tertiary/aromatic N) is 1. The van der Waals surface area contributed by atoms with Crippen molar-refractivity contribution in [2.75, 3.05) is 12.3 Å². The Morgan fingerprint density at radius 1 is 1.55 bits per heavy atom. The van der Waals surface area contributed by atoms with Crippen LogP contribution in [-0.4, -0.2) is 33.7 Å². The van der Waals surface area contributed by atoms with Crippen molar-refractivity contribution in [3.05, 3.63) is 33.6 Å². The SMILES string of the molecule is CC(=O)NCC(O)C(O)c1cc([N+](=O)[O-])cc(F)c1N. The number of hydrogen-bond acceptors (Lipinski definition) is 6. The second kappa shape index (κ2) is 6.26. The number of rotatable bonds is 5. The normalized spacial score (nSPS) is 13.6. The Labute approximate surface area is 113 Å². The predicted molar refractivity (Wildman–Crippen MR) is 67.1 cm³/mol. The van der Waals surface area contributed by atoms with Gasteiger partial charge in [0.25, 0.3) is 5.69 Å². The minimum Gasteiger partial charge on any atom is -0.396 e. The van der Waals surface area contributed by atoms with E-state index in [1.807, 2.05) is 0 Å². The Balaban J connectivity index is 3.05. The first-order chi connectivity index (χ1) is 9.23. The van der Waals surface area contributed by atoms with Crippen LogP contribution in [0.3, 0.4) is 0 Å². The highest BCUT2D eigenvalue weighted by Gasteiger charge is 2.25. The number of non-ortho nitro benzene ring substituents is 1. The van der Waals surface area contributed by atoms with Gasteiger partial charge in [0, 0.05) is 25.1 Å². The van der Waals surface area contributed by atoms with Crippen molar-refractivity contribution in [2.45, 2.75) is 19.1 Å². The number of amides is 1. The third-order valence-electron chi connectivity index (χ3n) is 2.60. The van der Waals surface area contributed by atoms with Crippen molar-refractivity contribution >= 4 is 17.3 Å². The molecule has 0 aromatic heterocycles. The van der Waals surface area contributed by atoms with Crippen LogP contribution in [0.25, 0.3) is 0 Å². The summed E-state index contributed by atoms with van der Waals surface area (Å²) >= 11 is 0. The fourth-order valence-corrected chi connectivity index (χ4v) is 1.54. The van der Waals surface area contributed by atoms with Crippen molar-refractivity contribution in [1.82, 2.24) is 5.32 Å². The number of anilines is 1. The van der Waals surface area contributed by atoms with Gasteiger partial charge >= 0.3 is 0 Å². The third-order valence-corrected chi connectivity index (χ3v) is 2.60. The zero-order valence-corrected chi connectivity index (χ0v) is 10.5. The highest BCUT2D eigenvalue weighted by Crippen LogP contribution is 2.30. The predicted octanol–water partition coefficient (Wildman–Crippen LogP) is -0.154. The molecule has 0 saturated heterocycles. The molecule has 2 atom stereocenters. The van der Waals surface area contributed by atoms with Gasteiger partial charge in [-0.15, -0.1) is 0 Å². The lowest BCUT2D eigenvalue weighted by molar-refractivity contribution is -0.385. The van der Waals surface area contributed by atoms with E-state index in [9.17, 15) is 29.5 Å². The highest BCUT2D eigenvalue weighted by molar-refractivity contribution is 5.72. The van der Waals surface area contributed by atoms with Gasteiger partial charge in [0.2, 0.25) is 5.91 Å². The Hall–Kier alpha value is -2.26. The van der Waals surface area contributed by atoms with Gasteiger partial charge in [-0.2, -0.15) is 0 Å². The third kappa shape index (κ3) is 3.62. The maximum absolute atomic E-state index is 13.4. The van der Waals surface area contributed by atoms with Gasteiger partial charge in [0.15, 0.2) is 5.82 Å². The number of carbonyl (C=O) groups excluding carboxylic acids is 1. The van der Waals surface area contributed by atoms with Crippen LogP contribution in [0.1, 0.15) is 18.6 Å². The van der Waals surface area contributed by atoms with Crippen LogP contribution in [0.4, 0.5) is 15.8 Å². The number of nitrogens with two attached hydrogens (primary N) is 1. The summed E-state index contributed by atoms with van der Waals surface area (Å²) in [5.74, 6) is -1.51. The van der Waals surface area contributed by atoms with Crippen LogP contribution in [0.5, 0.6) is 0 Å². The van der Waals surface area contributed by atoms with E-state index in [1.54, 1.807) is 0 Å². The second-order valence-electron chi connectivity index (χ2n) is 4.14. The number of benzene rings is 1. The topological polar surface area (TPSA) is 139 Å². The lowest BCUT2D eigenvalue weighted by atomic mass is 10.0. The molecular weight excluding hydrogens is 273 g/mol. The number of hydrogen-bond donors (Lipinski definition) is 4. The molecule has 0 aliphatic rings. The zero-order chi connectivity index (χ0) is 15.4. The number of aliphatic hydroxyl groups is 2. The molecule has 0 saturated carbocycles. The van der Waals surface area contributed by atoms with Crippen molar-refractivity contribution in [1.29, 1.82) is 0 Å². The molecule has 0 spiro atoms. The van der Waals surface area contributed by atoms with Crippen LogP contribution in [0, 0.1) is 15.9 Å². The van der Waals surface area contributed by atoms with Crippen molar-refractivity contribution in [3.8, 4) is 0 Å². The lowest BCUT2D eigenvalue weighted by Gasteiger charge is -2.19. The first-order valence-corrected chi connectivity index (χ1v) is 5.58. The quantitative estimate of drug-likeness (QED) is 0.337. The molecular formula is C11H14FN3O5. The molecule has 5 N–H and O–H groups in total. The van der Waals surface area contributed by atoms with Crippen LogP contribution < -0.4 is 11.1 Å². The van der Waals surface area contributed by atoms with E-state index < -0.39 is 40.2 Å². The molecule has 1 aromatic carbocycles. The van der Waals surface area contributed by atoms with Gasteiger partial charge < -0.3 is 21.3 Å². The molecule has 0 bridgehead atoms. The molecule has 1 rings (SSSR count).